The molecule has 0 amide bonds. The van der Waals surface area contributed by atoms with E-state index in [1.165, 1.54) is 11.8 Å². The molecular formula is C23H23Cl2N3OS. The molecule has 0 unspecified atom stereocenters. The van der Waals surface area contributed by atoms with Crippen LogP contribution in [0.25, 0.3) is 11.1 Å². The maximum atomic E-state index is 10.5. The number of hydrogen-bond donors (Lipinski definition) is 2. The molecule has 1 aromatic heterocycles. The number of phenols is 1. The highest BCUT2D eigenvalue weighted by atomic mass is 35.5. The molecule has 2 aromatic carbocycles. The molecule has 2 heterocycles. The molecule has 0 spiro atoms. The van der Waals surface area contributed by atoms with Crippen LogP contribution in [0, 0.1) is 0 Å². The van der Waals surface area contributed by atoms with Gasteiger partial charge in [-0.25, -0.2) is 4.98 Å². The van der Waals surface area contributed by atoms with Crippen LogP contribution in [0.2, 0.25) is 10.0 Å². The van der Waals surface area contributed by atoms with E-state index >= 15 is 0 Å². The number of aromatic nitrogens is 1. The molecule has 0 atom stereocenters. The van der Waals surface area contributed by atoms with E-state index in [9.17, 15) is 5.11 Å². The summed E-state index contributed by atoms with van der Waals surface area (Å²) < 4.78 is 0. The third-order valence-electron chi connectivity index (χ3n) is 5.42. The Morgan fingerprint density at radius 2 is 1.80 bits per heavy atom. The second-order valence-electron chi connectivity index (χ2n) is 7.86. The largest absolute Gasteiger partial charge is 0.507 e. The van der Waals surface area contributed by atoms with Crippen LogP contribution in [0.4, 0.5) is 5.69 Å². The van der Waals surface area contributed by atoms with Crippen LogP contribution >= 0.6 is 35.0 Å². The van der Waals surface area contributed by atoms with Gasteiger partial charge in [0.15, 0.2) is 0 Å². The highest BCUT2D eigenvalue weighted by Gasteiger charge is 2.27. The normalized spacial score (nSPS) is 15.9. The zero-order chi connectivity index (χ0) is 21.3. The predicted molar refractivity (Wildman–Crippen MR) is 126 cm³/mol. The Labute approximate surface area is 191 Å². The third kappa shape index (κ3) is 4.54. The number of para-hydroxylation sites is 1. The standard InChI is InChI=1S/C23H23Cl2N3OS/c1-23(26)9-11-28(12-10-23)15-13-17(16-5-2-3-7-19(16)29)22(27-14-15)30-20-8-4-6-18(24)21(20)25/h2-8,13-14,29H,9-12,26H2,1H3. The molecule has 0 bridgehead atoms. The molecule has 1 aliphatic heterocycles. The van der Waals surface area contributed by atoms with Crippen LogP contribution < -0.4 is 10.6 Å². The van der Waals surface area contributed by atoms with Gasteiger partial charge >= 0.3 is 0 Å². The minimum Gasteiger partial charge on any atom is -0.507 e. The van der Waals surface area contributed by atoms with Gasteiger partial charge in [0.1, 0.15) is 10.8 Å². The lowest BCUT2D eigenvalue weighted by Gasteiger charge is -2.38. The summed E-state index contributed by atoms with van der Waals surface area (Å²) in [5.41, 5.74) is 8.77. The summed E-state index contributed by atoms with van der Waals surface area (Å²) in [4.78, 5) is 7.87. The Balaban J connectivity index is 1.75. The lowest BCUT2D eigenvalue weighted by Crippen LogP contribution is -2.48. The average molecular weight is 460 g/mol. The van der Waals surface area contributed by atoms with Gasteiger partial charge in [0, 0.05) is 34.7 Å². The van der Waals surface area contributed by atoms with Gasteiger partial charge in [-0.05, 0) is 44.0 Å². The summed E-state index contributed by atoms with van der Waals surface area (Å²) >= 11 is 14.0. The van der Waals surface area contributed by atoms with E-state index in [1.54, 1.807) is 12.1 Å². The third-order valence-corrected chi connectivity index (χ3v) is 7.43. The SMILES string of the molecule is CC1(N)CCN(c2cnc(Sc3cccc(Cl)c3Cl)c(-c3ccccc3O)c2)CC1. The molecule has 3 aromatic rings. The van der Waals surface area contributed by atoms with Gasteiger partial charge in [-0.15, -0.1) is 0 Å². The summed E-state index contributed by atoms with van der Waals surface area (Å²) in [5.74, 6) is 0.212. The number of nitrogens with two attached hydrogens (primary N) is 1. The summed E-state index contributed by atoms with van der Waals surface area (Å²) in [6.07, 6.45) is 3.73. The zero-order valence-electron chi connectivity index (χ0n) is 16.6. The monoisotopic (exact) mass is 459 g/mol. The fraction of sp³-hybridized carbons (Fsp3) is 0.261. The van der Waals surface area contributed by atoms with Crippen molar-refractivity contribution in [2.24, 2.45) is 5.73 Å². The van der Waals surface area contributed by atoms with Gasteiger partial charge < -0.3 is 15.7 Å². The van der Waals surface area contributed by atoms with Crippen LogP contribution in [-0.4, -0.2) is 28.7 Å². The Morgan fingerprint density at radius 1 is 1.07 bits per heavy atom. The van der Waals surface area contributed by atoms with Gasteiger partial charge in [0.05, 0.1) is 21.9 Å². The molecule has 0 aliphatic carbocycles. The van der Waals surface area contributed by atoms with E-state index in [2.05, 4.69) is 17.9 Å². The van der Waals surface area contributed by atoms with Crippen molar-refractivity contribution in [3.05, 3.63) is 64.8 Å². The molecular weight excluding hydrogens is 437 g/mol. The molecule has 30 heavy (non-hydrogen) atoms. The van der Waals surface area contributed by atoms with E-state index in [0.29, 0.717) is 10.0 Å². The predicted octanol–water partition coefficient (Wildman–Crippen LogP) is 6.23. The average Bonchev–Trinajstić information content (AvgIpc) is 2.72. The van der Waals surface area contributed by atoms with Gasteiger partial charge in [-0.2, -0.15) is 0 Å². The molecule has 156 valence electrons. The van der Waals surface area contributed by atoms with Crippen LogP contribution in [-0.2, 0) is 0 Å². The van der Waals surface area contributed by atoms with Crippen molar-refractivity contribution >= 4 is 40.7 Å². The lowest BCUT2D eigenvalue weighted by molar-refractivity contribution is 0.364. The second kappa shape index (κ2) is 8.67. The Morgan fingerprint density at radius 3 is 2.53 bits per heavy atom. The van der Waals surface area contributed by atoms with E-state index in [0.717, 1.165) is 52.7 Å². The first-order valence-corrected chi connectivity index (χ1v) is 11.4. The maximum Gasteiger partial charge on any atom is 0.123 e. The summed E-state index contributed by atoms with van der Waals surface area (Å²) in [7, 11) is 0. The Hall–Kier alpha value is -1.92. The van der Waals surface area contributed by atoms with Crippen molar-refractivity contribution in [2.75, 3.05) is 18.0 Å². The molecule has 1 saturated heterocycles. The smallest absolute Gasteiger partial charge is 0.123 e. The van der Waals surface area contributed by atoms with Crippen molar-refractivity contribution in [1.29, 1.82) is 0 Å². The van der Waals surface area contributed by atoms with E-state index in [1.807, 2.05) is 36.5 Å². The minimum atomic E-state index is -0.121. The first-order valence-electron chi connectivity index (χ1n) is 9.78. The number of piperidine rings is 1. The molecule has 1 fully saturated rings. The number of pyridine rings is 1. The fourth-order valence-electron chi connectivity index (χ4n) is 3.53. The molecule has 7 heteroatoms. The number of rotatable bonds is 4. The second-order valence-corrected chi connectivity index (χ2v) is 9.67. The summed E-state index contributed by atoms with van der Waals surface area (Å²) in [6.45, 7) is 3.85. The quantitative estimate of drug-likeness (QED) is 0.483. The number of hydrogen-bond acceptors (Lipinski definition) is 5. The number of nitrogens with zero attached hydrogens (tertiary/aromatic N) is 2. The molecule has 0 radical (unpaired) electrons. The first kappa shape index (κ1) is 21.3. The number of benzene rings is 2. The fourth-order valence-corrected chi connectivity index (χ4v) is 4.94. The van der Waals surface area contributed by atoms with Crippen molar-refractivity contribution < 1.29 is 5.11 Å². The number of aromatic hydroxyl groups is 1. The van der Waals surface area contributed by atoms with E-state index in [4.69, 9.17) is 33.9 Å². The summed E-state index contributed by atoms with van der Waals surface area (Å²) in [5, 5.41) is 12.3. The topological polar surface area (TPSA) is 62.4 Å². The number of phenolic OH excluding ortho intramolecular Hbond substituents is 1. The molecule has 4 rings (SSSR count). The van der Waals surface area contributed by atoms with Gasteiger partial charge in [0.2, 0.25) is 0 Å². The van der Waals surface area contributed by atoms with Crippen LogP contribution in [0.15, 0.2) is 64.6 Å². The molecule has 4 nitrogen and oxygen atoms in total. The zero-order valence-corrected chi connectivity index (χ0v) is 18.9. The molecule has 3 N–H and O–H groups in total. The van der Waals surface area contributed by atoms with Crippen LogP contribution in [0.1, 0.15) is 19.8 Å². The van der Waals surface area contributed by atoms with Crippen LogP contribution in [0.3, 0.4) is 0 Å². The molecule has 0 saturated carbocycles. The maximum absolute atomic E-state index is 10.5. The summed E-state index contributed by atoms with van der Waals surface area (Å²) in [6, 6.07) is 14.9. The van der Waals surface area contributed by atoms with Crippen molar-refractivity contribution in [3.8, 4) is 16.9 Å². The number of halogens is 2. The highest BCUT2D eigenvalue weighted by Crippen LogP contribution is 2.43. The number of anilines is 1. The van der Waals surface area contributed by atoms with E-state index < -0.39 is 0 Å². The van der Waals surface area contributed by atoms with E-state index in [-0.39, 0.29) is 11.3 Å². The van der Waals surface area contributed by atoms with Gasteiger partial charge in [-0.1, -0.05) is 59.2 Å². The van der Waals surface area contributed by atoms with Gasteiger partial charge in [-0.3, -0.25) is 0 Å². The van der Waals surface area contributed by atoms with Crippen molar-refractivity contribution in [3.63, 3.8) is 0 Å². The Bertz CT molecular complexity index is 1060. The Kier molecular flexibility index (Phi) is 6.16. The minimum absolute atomic E-state index is 0.121. The highest BCUT2D eigenvalue weighted by molar-refractivity contribution is 7.99. The van der Waals surface area contributed by atoms with Crippen molar-refractivity contribution in [2.45, 2.75) is 35.2 Å². The molecule has 1 aliphatic rings. The first-order chi connectivity index (χ1) is 14.3. The van der Waals surface area contributed by atoms with Gasteiger partial charge in [0.25, 0.3) is 0 Å². The van der Waals surface area contributed by atoms with Crippen LogP contribution in [0.5, 0.6) is 5.75 Å². The van der Waals surface area contributed by atoms with Crippen molar-refractivity contribution in [1.82, 2.24) is 4.98 Å². The lowest BCUT2D eigenvalue weighted by atomic mass is 9.91.